The van der Waals surface area contributed by atoms with Crippen molar-refractivity contribution in [2.45, 2.75) is 50.3 Å². The maximum atomic E-state index is 9.39. The van der Waals surface area contributed by atoms with Gasteiger partial charge in [0.25, 0.3) is 0 Å². The van der Waals surface area contributed by atoms with Gasteiger partial charge in [0.2, 0.25) is 0 Å². The molecule has 3 heteroatoms. The van der Waals surface area contributed by atoms with E-state index < -0.39 is 0 Å². The zero-order valence-corrected chi connectivity index (χ0v) is 9.08. The minimum Gasteiger partial charge on any atom is -0.393 e. The zero-order chi connectivity index (χ0) is 9.97. The number of likely N-dealkylation sites (tertiary alicyclic amines) is 1. The van der Waals surface area contributed by atoms with Gasteiger partial charge in [0, 0.05) is 18.6 Å². The summed E-state index contributed by atoms with van der Waals surface area (Å²) < 4.78 is 0. The van der Waals surface area contributed by atoms with Crippen molar-refractivity contribution in [2.75, 3.05) is 20.1 Å². The monoisotopic (exact) mass is 198 g/mol. The topological polar surface area (TPSA) is 35.5 Å². The smallest absolute Gasteiger partial charge is 0.0541 e. The molecular weight excluding hydrogens is 176 g/mol. The van der Waals surface area contributed by atoms with E-state index in [1.807, 2.05) is 0 Å². The summed E-state index contributed by atoms with van der Waals surface area (Å²) in [7, 11) is 2.19. The van der Waals surface area contributed by atoms with Crippen LogP contribution in [0.4, 0.5) is 0 Å². The van der Waals surface area contributed by atoms with Crippen LogP contribution in [0.1, 0.15) is 32.1 Å². The van der Waals surface area contributed by atoms with Crippen molar-refractivity contribution in [2.24, 2.45) is 0 Å². The van der Waals surface area contributed by atoms with E-state index in [0.29, 0.717) is 12.1 Å². The third-order valence-electron chi connectivity index (χ3n) is 3.56. The fourth-order valence-electron chi connectivity index (χ4n) is 2.65. The van der Waals surface area contributed by atoms with Gasteiger partial charge < -0.3 is 15.3 Å². The summed E-state index contributed by atoms with van der Waals surface area (Å²) >= 11 is 0. The van der Waals surface area contributed by atoms with Crippen LogP contribution in [0.2, 0.25) is 0 Å². The Labute approximate surface area is 86.5 Å². The minimum absolute atomic E-state index is 0.0284. The third-order valence-corrected chi connectivity index (χ3v) is 3.56. The summed E-state index contributed by atoms with van der Waals surface area (Å²) in [4.78, 5) is 2.38. The summed E-state index contributed by atoms with van der Waals surface area (Å²) in [5, 5.41) is 13.1. The highest BCUT2D eigenvalue weighted by Crippen LogP contribution is 2.20. The highest BCUT2D eigenvalue weighted by Gasteiger charge is 2.25. The van der Waals surface area contributed by atoms with E-state index in [4.69, 9.17) is 0 Å². The molecule has 1 atom stereocenters. The Morgan fingerprint density at radius 2 is 1.79 bits per heavy atom. The molecule has 2 fully saturated rings. The highest BCUT2D eigenvalue weighted by molar-refractivity contribution is 4.85. The molecule has 2 rings (SSSR count). The van der Waals surface area contributed by atoms with E-state index >= 15 is 0 Å². The molecule has 1 aliphatic heterocycles. The lowest BCUT2D eigenvalue weighted by atomic mass is 9.92. The van der Waals surface area contributed by atoms with Gasteiger partial charge in [-0.2, -0.15) is 0 Å². The second kappa shape index (κ2) is 4.60. The van der Waals surface area contributed by atoms with E-state index in [0.717, 1.165) is 25.7 Å². The van der Waals surface area contributed by atoms with E-state index in [-0.39, 0.29) is 6.10 Å². The van der Waals surface area contributed by atoms with Crippen molar-refractivity contribution >= 4 is 0 Å². The number of rotatable bonds is 2. The fraction of sp³-hybridized carbons (Fsp3) is 1.00. The summed E-state index contributed by atoms with van der Waals surface area (Å²) in [6.07, 6.45) is 5.54. The molecule has 0 aromatic carbocycles. The maximum Gasteiger partial charge on any atom is 0.0541 e. The van der Waals surface area contributed by atoms with E-state index in [2.05, 4.69) is 17.3 Å². The maximum absolute atomic E-state index is 9.39. The summed E-state index contributed by atoms with van der Waals surface area (Å²) in [5.41, 5.74) is 0. The molecule has 1 aliphatic carbocycles. The highest BCUT2D eigenvalue weighted by atomic mass is 16.3. The molecule has 0 radical (unpaired) electrons. The number of aliphatic hydroxyl groups excluding tert-OH is 1. The van der Waals surface area contributed by atoms with E-state index in [1.54, 1.807) is 0 Å². The van der Waals surface area contributed by atoms with Crippen molar-refractivity contribution < 1.29 is 5.11 Å². The van der Waals surface area contributed by atoms with Crippen molar-refractivity contribution in [3.63, 3.8) is 0 Å². The van der Waals surface area contributed by atoms with Crippen LogP contribution in [-0.2, 0) is 0 Å². The Morgan fingerprint density at radius 1 is 1.07 bits per heavy atom. The van der Waals surface area contributed by atoms with Crippen LogP contribution >= 0.6 is 0 Å². The van der Waals surface area contributed by atoms with Crippen molar-refractivity contribution in [1.82, 2.24) is 10.2 Å². The molecule has 2 N–H and O–H groups in total. The van der Waals surface area contributed by atoms with Crippen molar-refractivity contribution in [3.8, 4) is 0 Å². The van der Waals surface area contributed by atoms with E-state index in [9.17, 15) is 5.11 Å². The molecule has 1 unspecified atom stereocenters. The van der Waals surface area contributed by atoms with Gasteiger partial charge in [-0.15, -0.1) is 0 Å². The van der Waals surface area contributed by atoms with Gasteiger partial charge in [0.15, 0.2) is 0 Å². The van der Waals surface area contributed by atoms with Gasteiger partial charge in [-0.25, -0.2) is 0 Å². The molecule has 0 bridgehead atoms. The predicted molar refractivity (Wildman–Crippen MR) is 57.3 cm³/mol. The molecule has 14 heavy (non-hydrogen) atoms. The molecule has 0 spiro atoms. The Kier molecular flexibility index (Phi) is 3.42. The van der Waals surface area contributed by atoms with Crippen LogP contribution in [0.3, 0.4) is 0 Å². The predicted octanol–water partition coefficient (Wildman–Crippen LogP) is 0.584. The number of aliphatic hydroxyl groups is 1. The number of nitrogens with one attached hydrogen (secondary N) is 1. The van der Waals surface area contributed by atoms with Gasteiger partial charge >= 0.3 is 0 Å². The SMILES string of the molecule is CN1CCC(NC2CCC(O)CC2)C1. The molecular formula is C11H22N2O. The lowest BCUT2D eigenvalue weighted by molar-refractivity contribution is 0.114. The summed E-state index contributed by atoms with van der Waals surface area (Å²) in [6, 6.07) is 1.36. The van der Waals surface area contributed by atoms with E-state index in [1.165, 1.54) is 19.5 Å². The fourth-order valence-corrected chi connectivity index (χ4v) is 2.65. The second-order valence-electron chi connectivity index (χ2n) is 4.92. The Hall–Kier alpha value is -0.120. The molecule has 1 heterocycles. The zero-order valence-electron chi connectivity index (χ0n) is 9.08. The summed E-state index contributed by atoms with van der Waals surface area (Å²) in [5.74, 6) is 0. The van der Waals surface area contributed by atoms with Crippen LogP contribution in [-0.4, -0.2) is 48.3 Å². The first kappa shape index (κ1) is 10.4. The average molecular weight is 198 g/mol. The first-order chi connectivity index (χ1) is 6.74. The lowest BCUT2D eigenvalue weighted by Crippen LogP contribution is -2.42. The molecule has 82 valence electrons. The number of nitrogens with zero attached hydrogens (tertiary/aromatic N) is 1. The van der Waals surface area contributed by atoms with Crippen molar-refractivity contribution in [1.29, 1.82) is 0 Å². The average Bonchev–Trinajstić information content (AvgIpc) is 2.56. The Balaban J connectivity index is 1.70. The number of hydrogen-bond donors (Lipinski definition) is 2. The normalized spacial score (nSPS) is 40.3. The van der Waals surface area contributed by atoms with Crippen LogP contribution in [0.15, 0.2) is 0 Å². The Morgan fingerprint density at radius 3 is 2.36 bits per heavy atom. The van der Waals surface area contributed by atoms with Gasteiger partial charge in [0.05, 0.1) is 6.10 Å². The van der Waals surface area contributed by atoms with Gasteiger partial charge in [-0.3, -0.25) is 0 Å². The molecule has 0 aromatic heterocycles. The Bertz CT molecular complexity index is 178. The van der Waals surface area contributed by atoms with Crippen LogP contribution < -0.4 is 5.32 Å². The first-order valence-electron chi connectivity index (χ1n) is 5.86. The van der Waals surface area contributed by atoms with Gasteiger partial charge in [-0.1, -0.05) is 0 Å². The standard InChI is InChI=1S/C11H22N2O/c1-13-7-6-10(8-13)12-9-2-4-11(14)5-3-9/h9-12,14H,2-8H2,1H3. The molecule has 0 amide bonds. The number of likely N-dealkylation sites (N-methyl/N-ethyl adjacent to an activating group) is 1. The van der Waals surface area contributed by atoms with Crippen LogP contribution in [0.25, 0.3) is 0 Å². The molecule has 2 aliphatic rings. The lowest BCUT2D eigenvalue weighted by Gasteiger charge is -2.28. The quantitative estimate of drug-likeness (QED) is 0.681. The van der Waals surface area contributed by atoms with Crippen molar-refractivity contribution in [3.05, 3.63) is 0 Å². The van der Waals surface area contributed by atoms with Crippen LogP contribution in [0, 0.1) is 0 Å². The molecule has 0 aromatic rings. The molecule has 1 saturated heterocycles. The molecule has 1 saturated carbocycles. The van der Waals surface area contributed by atoms with Gasteiger partial charge in [-0.05, 0) is 45.7 Å². The molecule has 3 nitrogen and oxygen atoms in total. The third kappa shape index (κ3) is 2.69. The first-order valence-corrected chi connectivity index (χ1v) is 5.86. The summed E-state index contributed by atoms with van der Waals surface area (Å²) in [6.45, 7) is 2.42. The minimum atomic E-state index is -0.0284. The largest absolute Gasteiger partial charge is 0.393 e. The van der Waals surface area contributed by atoms with Crippen LogP contribution in [0.5, 0.6) is 0 Å². The second-order valence-corrected chi connectivity index (χ2v) is 4.92. The van der Waals surface area contributed by atoms with Gasteiger partial charge in [0.1, 0.15) is 0 Å². The number of hydrogen-bond acceptors (Lipinski definition) is 3.